The van der Waals surface area contributed by atoms with Gasteiger partial charge in [0.1, 0.15) is 5.75 Å². The number of nitrogens with zero attached hydrogens (tertiary/aromatic N) is 2. The number of nitrogens with one attached hydrogen (secondary N) is 1. The van der Waals surface area contributed by atoms with Crippen molar-refractivity contribution in [2.24, 2.45) is 0 Å². The largest absolute Gasteiger partial charge is 0.508 e. The quantitative estimate of drug-likeness (QED) is 0.816. The van der Waals surface area contributed by atoms with Gasteiger partial charge in [0.05, 0.1) is 6.54 Å². The van der Waals surface area contributed by atoms with Gasteiger partial charge >= 0.3 is 0 Å². The summed E-state index contributed by atoms with van der Waals surface area (Å²) in [4.78, 5) is 15.5. The van der Waals surface area contributed by atoms with Gasteiger partial charge in [0, 0.05) is 38.9 Å². The number of likely N-dealkylation sites (tertiary alicyclic amines) is 1. The Balaban J connectivity index is 1.77. The van der Waals surface area contributed by atoms with Crippen LogP contribution < -0.4 is 5.32 Å². The van der Waals surface area contributed by atoms with Gasteiger partial charge in [-0.3, -0.25) is 9.69 Å². The Bertz CT molecular complexity index is 437. The lowest BCUT2D eigenvalue weighted by Crippen LogP contribution is -2.43. The molecule has 2 N–H and O–H groups in total. The molecule has 1 aliphatic heterocycles. The zero-order valence-electron chi connectivity index (χ0n) is 12.2. The zero-order valence-corrected chi connectivity index (χ0v) is 12.2. The number of hydrogen-bond donors (Lipinski definition) is 2. The van der Waals surface area contributed by atoms with E-state index in [9.17, 15) is 9.90 Å². The number of rotatable bonds is 4. The van der Waals surface area contributed by atoms with Gasteiger partial charge in [0.2, 0.25) is 5.91 Å². The standard InChI is InChI=1S/C15H23N3O2/c1-17(2)15(20)11-18-9-7-13(8-10-18)16-12-3-5-14(19)6-4-12/h3-6,13,16,19H,7-11H2,1-2H3. The van der Waals surface area contributed by atoms with E-state index in [0.717, 1.165) is 31.6 Å². The molecule has 0 radical (unpaired) electrons. The lowest BCUT2D eigenvalue weighted by atomic mass is 10.0. The van der Waals surface area contributed by atoms with E-state index in [4.69, 9.17) is 0 Å². The molecule has 20 heavy (non-hydrogen) atoms. The Hall–Kier alpha value is -1.75. The van der Waals surface area contributed by atoms with E-state index >= 15 is 0 Å². The summed E-state index contributed by atoms with van der Waals surface area (Å²) in [5.74, 6) is 0.447. The minimum absolute atomic E-state index is 0.162. The highest BCUT2D eigenvalue weighted by Crippen LogP contribution is 2.18. The van der Waals surface area contributed by atoms with E-state index in [1.165, 1.54) is 0 Å². The van der Waals surface area contributed by atoms with Gasteiger partial charge in [0.25, 0.3) is 0 Å². The number of carbonyl (C=O) groups is 1. The number of anilines is 1. The monoisotopic (exact) mass is 277 g/mol. The van der Waals surface area contributed by atoms with Gasteiger partial charge in [-0.1, -0.05) is 0 Å². The maximum Gasteiger partial charge on any atom is 0.236 e. The van der Waals surface area contributed by atoms with Crippen LogP contribution in [0.1, 0.15) is 12.8 Å². The second kappa shape index (κ2) is 6.61. The number of phenols is 1. The molecule has 0 unspecified atom stereocenters. The highest BCUT2D eigenvalue weighted by Gasteiger charge is 2.21. The van der Waals surface area contributed by atoms with E-state index in [2.05, 4.69) is 10.2 Å². The Kier molecular flexibility index (Phi) is 4.84. The van der Waals surface area contributed by atoms with Crippen molar-refractivity contribution >= 4 is 11.6 Å². The first-order valence-electron chi connectivity index (χ1n) is 7.02. The molecule has 0 aromatic heterocycles. The molecule has 2 rings (SSSR count). The van der Waals surface area contributed by atoms with Crippen molar-refractivity contribution in [3.05, 3.63) is 24.3 Å². The zero-order chi connectivity index (χ0) is 14.5. The predicted molar refractivity (Wildman–Crippen MR) is 79.9 cm³/mol. The average molecular weight is 277 g/mol. The highest BCUT2D eigenvalue weighted by atomic mass is 16.3. The molecule has 0 aliphatic carbocycles. The van der Waals surface area contributed by atoms with Gasteiger partial charge in [-0.25, -0.2) is 0 Å². The molecule has 0 saturated carbocycles. The molecule has 1 aromatic carbocycles. The molecule has 1 aromatic rings. The molecule has 0 bridgehead atoms. The molecule has 1 amide bonds. The van der Waals surface area contributed by atoms with E-state index in [1.807, 2.05) is 12.1 Å². The minimum atomic E-state index is 0.162. The predicted octanol–water partition coefficient (Wildman–Crippen LogP) is 1.36. The third-order valence-corrected chi connectivity index (χ3v) is 3.68. The van der Waals surface area contributed by atoms with E-state index in [0.29, 0.717) is 12.6 Å². The summed E-state index contributed by atoms with van der Waals surface area (Å²) in [6.45, 7) is 2.39. The van der Waals surface area contributed by atoms with Crippen molar-refractivity contribution in [1.29, 1.82) is 0 Å². The molecule has 1 fully saturated rings. The van der Waals surface area contributed by atoms with Crippen LogP contribution in [0.3, 0.4) is 0 Å². The summed E-state index contributed by atoms with van der Waals surface area (Å²) in [5.41, 5.74) is 1.03. The normalized spacial score (nSPS) is 16.9. The van der Waals surface area contributed by atoms with Crippen molar-refractivity contribution in [2.75, 3.05) is 39.0 Å². The van der Waals surface area contributed by atoms with Crippen LogP contribution in [0, 0.1) is 0 Å². The van der Waals surface area contributed by atoms with E-state index < -0.39 is 0 Å². The van der Waals surface area contributed by atoms with Crippen LogP contribution in [-0.4, -0.2) is 60.6 Å². The Labute approximate surface area is 120 Å². The van der Waals surface area contributed by atoms with Crippen molar-refractivity contribution in [1.82, 2.24) is 9.80 Å². The average Bonchev–Trinajstić information content (AvgIpc) is 2.43. The second-order valence-electron chi connectivity index (χ2n) is 5.53. The third kappa shape index (κ3) is 4.13. The van der Waals surface area contributed by atoms with E-state index in [1.54, 1.807) is 31.1 Å². The summed E-state index contributed by atoms with van der Waals surface area (Å²) >= 11 is 0. The van der Waals surface area contributed by atoms with Crippen LogP contribution in [0.15, 0.2) is 24.3 Å². The summed E-state index contributed by atoms with van der Waals surface area (Å²) < 4.78 is 0. The molecule has 1 aliphatic rings. The fourth-order valence-electron chi connectivity index (χ4n) is 2.36. The molecule has 1 heterocycles. The van der Waals surface area contributed by atoms with Gasteiger partial charge in [-0.2, -0.15) is 0 Å². The van der Waals surface area contributed by atoms with Crippen molar-refractivity contribution in [3.8, 4) is 5.75 Å². The van der Waals surface area contributed by atoms with Gasteiger partial charge in [-0.15, -0.1) is 0 Å². The molecule has 0 atom stereocenters. The van der Waals surface area contributed by atoms with Crippen LogP contribution in [0.5, 0.6) is 5.75 Å². The number of phenolic OH excluding ortho intramolecular Hbond substituents is 1. The number of amides is 1. The summed E-state index contributed by atoms with van der Waals surface area (Å²) in [6.07, 6.45) is 2.06. The summed E-state index contributed by atoms with van der Waals surface area (Å²) in [6, 6.07) is 7.58. The van der Waals surface area contributed by atoms with Gasteiger partial charge in [-0.05, 0) is 37.1 Å². The number of likely N-dealkylation sites (N-methyl/N-ethyl adjacent to an activating group) is 1. The highest BCUT2D eigenvalue weighted by molar-refractivity contribution is 5.77. The van der Waals surface area contributed by atoms with Crippen LogP contribution in [-0.2, 0) is 4.79 Å². The van der Waals surface area contributed by atoms with Crippen LogP contribution in [0.25, 0.3) is 0 Å². The molecule has 110 valence electrons. The Morgan fingerprint density at radius 1 is 1.30 bits per heavy atom. The van der Waals surface area contributed by atoms with Crippen molar-refractivity contribution < 1.29 is 9.90 Å². The lowest BCUT2D eigenvalue weighted by molar-refractivity contribution is -0.130. The lowest BCUT2D eigenvalue weighted by Gasteiger charge is -2.32. The SMILES string of the molecule is CN(C)C(=O)CN1CCC(Nc2ccc(O)cc2)CC1. The summed E-state index contributed by atoms with van der Waals surface area (Å²) in [5, 5.41) is 12.7. The number of carbonyl (C=O) groups excluding carboxylic acids is 1. The molecule has 5 heteroatoms. The molecule has 0 spiro atoms. The van der Waals surface area contributed by atoms with Crippen molar-refractivity contribution in [3.63, 3.8) is 0 Å². The van der Waals surface area contributed by atoms with Crippen LogP contribution >= 0.6 is 0 Å². The fraction of sp³-hybridized carbons (Fsp3) is 0.533. The Morgan fingerprint density at radius 2 is 1.90 bits per heavy atom. The van der Waals surface area contributed by atoms with Crippen LogP contribution in [0.2, 0.25) is 0 Å². The topological polar surface area (TPSA) is 55.8 Å². The smallest absolute Gasteiger partial charge is 0.236 e. The number of hydrogen-bond acceptors (Lipinski definition) is 4. The molecule has 5 nitrogen and oxygen atoms in total. The third-order valence-electron chi connectivity index (χ3n) is 3.68. The van der Waals surface area contributed by atoms with Crippen LogP contribution in [0.4, 0.5) is 5.69 Å². The Morgan fingerprint density at radius 3 is 2.45 bits per heavy atom. The number of benzene rings is 1. The first kappa shape index (κ1) is 14.7. The fourth-order valence-corrected chi connectivity index (χ4v) is 2.36. The number of piperidine rings is 1. The van der Waals surface area contributed by atoms with Gasteiger partial charge < -0.3 is 15.3 Å². The molecular weight excluding hydrogens is 254 g/mol. The van der Waals surface area contributed by atoms with Gasteiger partial charge in [0.15, 0.2) is 0 Å². The maximum atomic E-state index is 11.7. The molecule has 1 saturated heterocycles. The first-order valence-corrected chi connectivity index (χ1v) is 7.02. The maximum absolute atomic E-state index is 11.7. The second-order valence-corrected chi connectivity index (χ2v) is 5.53. The minimum Gasteiger partial charge on any atom is -0.508 e. The first-order chi connectivity index (χ1) is 9.54. The molecular formula is C15H23N3O2. The van der Waals surface area contributed by atoms with Crippen molar-refractivity contribution in [2.45, 2.75) is 18.9 Å². The summed E-state index contributed by atoms with van der Waals surface area (Å²) in [7, 11) is 3.59. The number of aromatic hydroxyl groups is 1. The van der Waals surface area contributed by atoms with E-state index in [-0.39, 0.29) is 11.7 Å².